The molecule has 0 aromatic heterocycles. The molecular formula is C18H25ClN2O3. The Kier molecular flexibility index (Phi) is 6.10. The molecule has 0 N–H and O–H groups in total. The Bertz CT molecular complexity index is 623. The molecule has 2 rings (SSSR count). The number of benzene rings is 1. The normalized spacial score (nSPS) is 14.9. The fourth-order valence-electron chi connectivity index (χ4n) is 2.82. The van der Waals surface area contributed by atoms with Crippen LogP contribution in [0.2, 0.25) is 5.02 Å². The Morgan fingerprint density at radius 2 is 1.75 bits per heavy atom. The van der Waals surface area contributed by atoms with Gasteiger partial charge in [-0.15, -0.1) is 0 Å². The molecule has 1 heterocycles. The van der Waals surface area contributed by atoms with Crippen molar-refractivity contribution < 1.29 is 14.3 Å². The van der Waals surface area contributed by atoms with Crippen LogP contribution in [0, 0.1) is 12.8 Å². The minimum Gasteiger partial charge on any atom is -0.492 e. The lowest BCUT2D eigenvalue weighted by Crippen LogP contribution is -2.51. The number of hydrogen-bond acceptors (Lipinski definition) is 3. The highest BCUT2D eigenvalue weighted by Gasteiger charge is 2.27. The van der Waals surface area contributed by atoms with Gasteiger partial charge in [0.15, 0.2) is 0 Å². The maximum absolute atomic E-state index is 12.8. The summed E-state index contributed by atoms with van der Waals surface area (Å²) in [6.07, 6.45) is 0. The number of rotatable bonds is 4. The number of carbonyl (C=O) groups excluding carboxylic acids is 2. The Balaban J connectivity index is 2.08. The first-order chi connectivity index (χ1) is 11.3. The maximum Gasteiger partial charge on any atom is 0.254 e. The van der Waals surface area contributed by atoms with Gasteiger partial charge in [-0.1, -0.05) is 25.4 Å². The number of carbonyl (C=O) groups is 2. The first-order valence-electron chi connectivity index (χ1n) is 8.36. The van der Waals surface area contributed by atoms with Gasteiger partial charge in [0.25, 0.3) is 5.91 Å². The molecule has 1 aliphatic heterocycles. The zero-order valence-corrected chi connectivity index (χ0v) is 15.5. The number of amides is 2. The fourth-order valence-corrected chi connectivity index (χ4v) is 3.04. The molecule has 1 aliphatic rings. The molecule has 1 aromatic carbocycles. The predicted molar refractivity (Wildman–Crippen MR) is 94.7 cm³/mol. The van der Waals surface area contributed by atoms with Crippen molar-refractivity contribution in [3.63, 3.8) is 0 Å². The van der Waals surface area contributed by atoms with Crippen LogP contribution < -0.4 is 4.74 Å². The van der Waals surface area contributed by atoms with Crippen molar-refractivity contribution in [3.05, 3.63) is 28.3 Å². The van der Waals surface area contributed by atoms with Crippen LogP contribution in [0.3, 0.4) is 0 Å². The molecule has 1 saturated heterocycles. The minimum atomic E-state index is -0.0471. The van der Waals surface area contributed by atoms with Crippen molar-refractivity contribution in [1.82, 2.24) is 9.80 Å². The number of nitrogens with zero attached hydrogens (tertiary/aromatic N) is 2. The van der Waals surface area contributed by atoms with E-state index in [2.05, 4.69) is 0 Å². The molecule has 0 saturated carbocycles. The average molecular weight is 353 g/mol. The first-order valence-corrected chi connectivity index (χ1v) is 8.74. The van der Waals surface area contributed by atoms with Gasteiger partial charge < -0.3 is 14.5 Å². The number of aryl methyl sites for hydroxylation is 1. The van der Waals surface area contributed by atoms with E-state index < -0.39 is 0 Å². The molecule has 0 radical (unpaired) electrons. The van der Waals surface area contributed by atoms with Gasteiger partial charge in [-0.3, -0.25) is 9.59 Å². The Labute approximate surface area is 148 Å². The van der Waals surface area contributed by atoms with Gasteiger partial charge in [0.2, 0.25) is 5.91 Å². The van der Waals surface area contributed by atoms with Crippen LogP contribution in [0.1, 0.15) is 36.7 Å². The van der Waals surface area contributed by atoms with E-state index in [0.717, 1.165) is 5.56 Å². The number of halogens is 1. The third-order valence-electron chi connectivity index (χ3n) is 4.18. The van der Waals surface area contributed by atoms with Gasteiger partial charge in [-0.25, -0.2) is 0 Å². The summed E-state index contributed by atoms with van der Waals surface area (Å²) in [4.78, 5) is 28.4. The quantitative estimate of drug-likeness (QED) is 0.837. The van der Waals surface area contributed by atoms with E-state index in [0.29, 0.717) is 49.1 Å². The van der Waals surface area contributed by atoms with Crippen LogP contribution in [0.25, 0.3) is 0 Å². The second kappa shape index (κ2) is 7.88. The third-order valence-corrected chi connectivity index (χ3v) is 4.48. The summed E-state index contributed by atoms with van der Waals surface area (Å²) in [7, 11) is 0. The summed E-state index contributed by atoms with van der Waals surface area (Å²) in [6, 6.07) is 3.48. The van der Waals surface area contributed by atoms with E-state index in [1.54, 1.807) is 17.0 Å². The lowest BCUT2D eigenvalue weighted by molar-refractivity contribution is -0.135. The van der Waals surface area contributed by atoms with E-state index in [1.165, 1.54) is 0 Å². The van der Waals surface area contributed by atoms with Crippen LogP contribution >= 0.6 is 11.6 Å². The second-order valence-corrected chi connectivity index (χ2v) is 6.71. The molecule has 0 aliphatic carbocycles. The molecule has 24 heavy (non-hydrogen) atoms. The van der Waals surface area contributed by atoms with Gasteiger partial charge >= 0.3 is 0 Å². The highest BCUT2D eigenvalue weighted by Crippen LogP contribution is 2.29. The topological polar surface area (TPSA) is 49.9 Å². The van der Waals surface area contributed by atoms with Gasteiger partial charge in [-0.05, 0) is 31.5 Å². The molecule has 1 aromatic rings. The fraction of sp³-hybridized carbons (Fsp3) is 0.556. The first kappa shape index (κ1) is 18.6. The minimum absolute atomic E-state index is 0.0144. The zero-order valence-electron chi connectivity index (χ0n) is 14.8. The summed E-state index contributed by atoms with van der Waals surface area (Å²) < 4.78 is 5.46. The van der Waals surface area contributed by atoms with Gasteiger partial charge in [0, 0.05) is 37.7 Å². The van der Waals surface area contributed by atoms with Gasteiger partial charge in [0.05, 0.1) is 11.6 Å². The molecule has 1 fully saturated rings. The molecule has 0 atom stereocenters. The lowest BCUT2D eigenvalue weighted by Gasteiger charge is -2.35. The summed E-state index contributed by atoms with van der Waals surface area (Å²) in [5.41, 5.74) is 1.43. The largest absolute Gasteiger partial charge is 0.492 e. The molecule has 132 valence electrons. The van der Waals surface area contributed by atoms with Crippen molar-refractivity contribution in [2.75, 3.05) is 32.8 Å². The van der Waals surface area contributed by atoms with E-state index in [9.17, 15) is 9.59 Å². The SMILES string of the molecule is CCOc1cc(C)c(C(=O)N2CCN(C(=O)C(C)C)CC2)cc1Cl. The second-order valence-electron chi connectivity index (χ2n) is 6.30. The summed E-state index contributed by atoms with van der Waals surface area (Å²) in [5, 5.41) is 0.444. The number of piperazine rings is 1. The van der Waals surface area contributed by atoms with Crippen LogP contribution in [0.4, 0.5) is 0 Å². The number of hydrogen-bond donors (Lipinski definition) is 0. The Hall–Kier alpha value is -1.75. The molecule has 6 heteroatoms. The number of ether oxygens (including phenoxy) is 1. The van der Waals surface area contributed by atoms with Crippen molar-refractivity contribution in [1.29, 1.82) is 0 Å². The monoisotopic (exact) mass is 352 g/mol. The van der Waals surface area contributed by atoms with E-state index >= 15 is 0 Å². The third kappa shape index (κ3) is 4.01. The van der Waals surface area contributed by atoms with E-state index in [4.69, 9.17) is 16.3 Å². The van der Waals surface area contributed by atoms with Crippen molar-refractivity contribution >= 4 is 23.4 Å². The maximum atomic E-state index is 12.8. The summed E-state index contributed by atoms with van der Waals surface area (Å²) >= 11 is 6.21. The molecule has 0 spiro atoms. The molecule has 0 bridgehead atoms. The van der Waals surface area contributed by atoms with E-state index in [-0.39, 0.29) is 17.7 Å². The van der Waals surface area contributed by atoms with Crippen molar-refractivity contribution in [2.45, 2.75) is 27.7 Å². The van der Waals surface area contributed by atoms with Crippen LogP contribution in [0.15, 0.2) is 12.1 Å². The van der Waals surface area contributed by atoms with Crippen molar-refractivity contribution in [2.24, 2.45) is 5.92 Å². The van der Waals surface area contributed by atoms with Gasteiger partial charge in [0.1, 0.15) is 5.75 Å². The highest BCUT2D eigenvalue weighted by molar-refractivity contribution is 6.32. The summed E-state index contributed by atoms with van der Waals surface area (Å²) in [5.74, 6) is 0.677. The molecule has 5 nitrogen and oxygen atoms in total. The van der Waals surface area contributed by atoms with Crippen molar-refractivity contribution in [3.8, 4) is 5.75 Å². The summed E-state index contributed by atoms with van der Waals surface area (Å²) in [6.45, 7) is 10.3. The van der Waals surface area contributed by atoms with Gasteiger partial charge in [-0.2, -0.15) is 0 Å². The van der Waals surface area contributed by atoms with Crippen LogP contribution in [-0.2, 0) is 4.79 Å². The molecular weight excluding hydrogens is 328 g/mol. The van der Waals surface area contributed by atoms with Crippen LogP contribution in [-0.4, -0.2) is 54.4 Å². The van der Waals surface area contributed by atoms with Crippen LogP contribution in [0.5, 0.6) is 5.75 Å². The standard InChI is InChI=1S/C18H25ClN2O3/c1-5-24-16-10-13(4)14(11-15(16)19)18(23)21-8-6-20(7-9-21)17(22)12(2)3/h10-12H,5-9H2,1-4H3. The zero-order chi connectivity index (χ0) is 17.9. The smallest absolute Gasteiger partial charge is 0.254 e. The lowest BCUT2D eigenvalue weighted by atomic mass is 10.1. The molecule has 2 amide bonds. The van der Waals surface area contributed by atoms with E-state index in [1.807, 2.05) is 32.6 Å². The predicted octanol–water partition coefficient (Wildman–Crippen LogP) is 2.99. The highest BCUT2D eigenvalue weighted by atomic mass is 35.5. The average Bonchev–Trinajstić information content (AvgIpc) is 2.57. The Morgan fingerprint density at radius 1 is 1.17 bits per heavy atom. The Morgan fingerprint density at radius 3 is 2.29 bits per heavy atom. The molecule has 0 unspecified atom stereocenters.